The molecule has 4 nitrogen and oxygen atoms in total. The van der Waals surface area contributed by atoms with E-state index in [1.54, 1.807) is 0 Å². The summed E-state index contributed by atoms with van der Waals surface area (Å²) in [6.45, 7) is 12.3. The van der Waals surface area contributed by atoms with Crippen molar-refractivity contribution in [2.24, 2.45) is 11.1 Å². The summed E-state index contributed by atoms with van der Waals surface area (Å²) < 4.78 is 5.59. The Morgan fingerprint density at radius 2 is 1.60 bits per heavy atom. The standard InChI is InChI=1S/C11H21N3O/c1-10(2,3)7(12)8-13-14-9(15-8)11(4,5)6/h7H,12H2,1-6H3. The molecular formula is C11H21N3O. The van der Waals surface area contributed by atoms with Crippen LogP contribution in [0.1, 0.15) is 59.4 Å². The van der Waals surface area contributed by atoms with Crippen molar-refractivity contribution in [3.05, 3.63) is 11.8 Å². The lowest BCUT2D eigenvalue weighted by Gasteiger charge is -2.23. The molecule has 86 valence electrons. The fourth-order valence-electron chi connectivity index (χ4n) is 1.03. The molecule has 0 saturated heterocycles. The van der Waals surface area contributed by atoms with Crippen molar-refractivity contribution < 1.29 is 4.42 Å². The zero-order valence-corrected chi connectivity index (χ0v) is 10.5. The molecule has 0 spiro atoms. The van der Waals surface area contributed by atoms with Crippen molar-refractivity contribution in [2.45, 2.75) is 53.0 Å². The summed E-state index contributed by atoms with van der Waals surface area (Å²) in [7, 11) is 0. The number of nitrogens with zero attached hydrogens (tertiary/aromatic N) is 2. The summed E-state index contributed by atoms with van der Waals surface area (Å²) in [6, 6.07) is -0.221. The van der Waals surface area contributed by atoms with Crippen LogP contribution in [0.4, 0.5) is 0 Å². The van der Waals surface area contributed by atoms with Crippen molar-refractivity contribution in [1.82, 2.24) is 10.2 Å². The third-order valence-electron chi connectivity index (χ3n) is 2.28. The largest absolute Gasteiger partial charge is 0.423 e. The summed E-state index contributed by atoms with van der Waals surface area (Å²) >= 11 is 0. The van der Waals surface area contributed by atoms with Gasteiger partial charge in [0.2, 0.25) is 11.8 Å². The van der Waals surface area contributed by atoms with E-state index in [2.05, 4.69) is 31.0 Å². The van der Waals surface area contributed by atoms with Gasteiger partial charge in [0.05, 0.1) is 6.04 Å². The van der Waals surface area contributed by atoms with E-state index in [4.69, 9.17) is 10.2 Å². The summed E-state index contributed by atoms with van der Waals surface area (Å²) in [5, 5.41) is 8.03. The van der Waals surface area contributed by atoms with E-state index in [0.29, 0.717) is 11.8 Å². The maximum Gasteiger partial charge on any atom is 0.233 e. The lowest BCUT2D eigenvalue weighted by Crippen LogP contribution is -2.26. The first-order chi connectivity index (χ1) is 6.62. The molecule has 4 heteroatoms. The van der Waals surface area contributed by atoms with Gasteiger partial charge in [-0.05, 0) is 5.41 Å². The predicted molar refractivity (Wildman–Crippen MR) is 59.4 cm³/mol. The molecule has 15 heavy (non-hydrogen) atoms. The summed E-state index contributed by atoms with van der Waals surface area (Å²) in [5.74, 6) is 1.16. The van der Waals surface area contributed by atoms with Crippen molar-refractivity contribution in [2.75, 3.05) is 0 Å². The van der Waals surface area contributed by atoms with Gasteiger partial charge in [-0.3, -0.25) is 0 Å². The SMILES string of the molecule is CC(C)(C)c1nnc(C(N)C(C)(C)C)o1. The van der Waals surface area contributed by atoms with Crippen LogP contribution in [0, 0.1) is 5.41 Å². The zero-order chi connectivity index (χ0) is 11.9. The van der Waals surface area contributed by atoms with Gasteiger partial charge in [0, 0.05) is 5.41 Å². The molecule has 0 saturated carbocycles. The Morgan fingerprint density at radius 3 is 1.93 bits per heavy atom. The van der Waals surface area contributed by atoms with Gasteiger partial charge in [-0.2, -0.15) is 0 Å². The van der Waals surface area contributed by atoms with Gasteiger partial charge < -0.3 is 10.2 Å². The molecule has 0 aliphatic carbocycles. The van der Waals surface area contributed by atoms with Crippen molar-refractivity contribution in [3.8, 4) is 0 Å². The highest BCUT2D eigenvalue weighted by atomic mass is 16.4. The van der Waals surface area contributed by atoms with Gasteiger partial charge in [0.1, 0.15) is 0 Å². The van der Waals surface area contributed by atoms with E-state index >= 15 is 0 Å². The lowest BCUT2D eigenvalue weighted by molar-refractivity contribution is 0.262. The molecular weight excluding hydrogens is 190 g/mol. The number of hydrogen-bond acceptors (Lipinski definition) is 4. The van der Waals surface area contributed by atoms with Crippen molar-refractivity contribution in [1.29, 1.82) is 0 Å². The fourth-order valence-corrected chi connectivity index (χ4v) is 1.03. The van der Waals surface area contributed by atoms with E-state index in [-0.39, 0.29) is 16.9 Å². The molecule has 0 fully saturated rings. The van der Waals surface area contributed by atoms with Crippen molar-refractivity contribution in [3.63, 3.8) is 0 Å². The molecule has 1 unspecified atom stereocenters. The minimum Gasteiger partial charge on any atom is -0.423 e. The molecule has 1 aromatic heterocycles. The average molecular weight is 211 g/mol. The molecule has 0 bridgehead atoms. The van der Waals surface area contributed by atoms with Gasteiger partial charge in [-0.25, -0.2) is 0 Å². The number of aromatic nitrogens is 2. The summed E-state index contributed by atoms with van der Waals surface area (Å²) in [4.78, 5) is 0. The summed E-state index contributed by atoms with van der Waals surface area (Å²) in [5.41, 5.74) is 5.84. The maximum atomic E-state index is 6.03. The third kappa shape index (κ3) is 2.78. The molecule has 1 heterocycles. The molecule has 1 rings (SSSR count). The smallest absolute Gasteiger partial charge is 0.233 e. The minimum absolute atomic E-state index is 0.0678. The predicted octanol–water partition coefficient (Wildman–Crippen LogP) is 2.41. The Bertz CT molecular complexity index is 330. The van der Waals surface area contributed by atoms with Gasteiger partial charge in [0.15, 0.2) is 0 Å². The molecule has 0 aliphatic rings. The highest BCUT2D eigenvalue weighted by Crippen LogP contribution is 2.31. The van der Waals surface area contributed by atoms with Crippen LogP contribution in [0.25, 0.3) is 0 Å². The molecule has 0 aromatic carbocycles. The van der Waals surface area contributed by atoms with Crippen molar-refractivity contribution >= 4 is 0 Å². The number of rotatable bonds is 1. The van der Waals surface area contributed by atoms with E-state index in [1.807, 2.05) is 20.8 Å². The second-order valence-electron chi connectivity index (χ2n) is 6.04. The van der Waals surface area contributed by atoms with E-state index < -0.39 is 0 Å². The van der Waals surface area contributed by atoms with Gasteiger partial charge in [0.25, 0.3) is 0 Å². The molecule has 1 aromatic rings. The van der Waals surface area contributed by atoms with Gasteiger partial charge >= 0.3 is 0 Å². The Balaban J connectivity index is 2.95. The van der Waals surface area contributed by atoms with Crippen LogP contribution >= 0.6 is 0 Å². The first-order valence-electron chi connectivity index (χ1n) is 5.22. The normalized spacial score (nSPS) is 15.4. The fraction of sp³-hybridized carbons (Fsp3) is 0.818. The molecule has 2 N–H and O–H groups in total. The second-order valence-corrected chi connectivity index (χ2v) is 6.04. The Hall–Kier alpha value is -0.900. The number of nitrogens with two attached hydrogens (primary N) is 1. The van der Waals surface area contributed by atoms with Crippen LogP contribution in [0.15, 0.2) is 4.42 Å². The maximum absolute atomic E-state index is 6.03. The zero-order valence-electron chi connectivity index (χ0n) is 10.5. The van der Waals surface area contributed by atoms with Crippen LogP contribution in [0.5, 0.6) is 0 Å². The topological polar surface area (TPSA) is 64.9 Å². The first kappa shape index (κ1) is 12.2. The Morgan fingerprint density at radius 1 is 1.07 bits per heavy atom. The van der Waals surface area contributed by atoms with Crippen LogP contribution in [0.2, 0.25) is 0 Å². The minimum atomic E-state index is -0.221. The van der Waals surface area contributed by atoms with Crippen LogP contribution < -0.4 is 5.73 Å². The Labute approximate surface area is 91.3 Å². The molecule has 1 atom stereocenters. The Kier molecular flexibility index (Phi) is 2.92. The highest BCUT2D eigenvalue weighted by molar-refractivity contribution is 5.00. The van der Waals surface area contributed by atoms with E-state index in [9.17, 15) is 0 Å². The average Bonchev–Trinajstić information content (AvgIpc) is 2.47. The van der Waals surface area contributed by atoms with E-state index in [0.717, 1.165) is 0 Å². The third-order valence-corrected chi connectivity index (χ3v) is 2.28. The quantitative estimate of drug-likeness (QED) is 0.774. The second kappa shape index (κ2) is 3.59. The van der Waals surface area contributed by atoms with E-state index in [1.165, 1.54) is 0 Å². The highest BCUT2D eigenvalue weighted by Gasteiger charge is 2.29. The lowest BCUT2D eigenvalue weighted by atomic mass is 9.87. The summed E-state index contributed by atoms with van der Waals surface area (Å²) in [6.07, 6.45) is 0. The van der Waals surface area contributed by atoms with Gasteiger partial charge in [-0.1, -0.05) is 41.5 Å². The molecule has 0 amide bonds. The van der Waals surface area contributed by atoms with Crippen LogP contribution in [0.3, 0.4) is 0 Å². The first-order valence-corrected chi connectivity index (χ1v) is 5.22. The van der Waals surface area contributed by atoms with Crippen LogP contribution in [-0.4, -0.2) is 10.2 Å². The van der Waals surface area contributed by atoms with Gasteiger partial charge in [-0.15, -0.1) is 10.2 Å². The van der Waals surface area contributed by atoms with Crippen LogP contribution in [-0.2, 0) is 5.41 Å². The number of hydrogen-bond donors (Lipinski definition) is 1. The molecule has 0 radical (unpaired) electrons. The monoisotopic (exact) mass is 211 g/mol. The molecule has 0 aliphatic heterocycles.